The fraction of sp³-hybridized carbons (Fsp3) is 0. The number of hydrogen-bond acceptors (Lipinski definition) is 3. The highest BCUT2D eigenvalue weighted by Gasteiger charge is 2.13. The maximum atomic E-state index is 13.8. The first-order valence-corrected chi connectivity index (χ1v) is 7.82. The molecule has 4 aromatic rings. The molecule has 0 spiro atoms. The first-order chi connectivity index (χ1) is 12.2. The number of hydrogen-bond donors (Lipinski definition) is 2. The van der Waals surface area contributed by atoms with Crippen LogP contribution in [0.2, 0.25) is 0 Å². The molecular weight excluding hydrogens is 317 g/mol. The van der Waals surface area contributed by atoms with Crippen molar-refractivity contribution in [1.82, 2.24) is 10.4 Å². The van der Waals surface area contributed by atoms with Crippen molar-refractivity contribution >= 4 is 33.4 Å². The molecule has 2 N–H and O–H groups in total. The quantitative estimate of drug-likeness (QED) is 0.435. The largest absolute Gasteiger partial charge is 0.297 e. The highest BCUT2D eigenvalue weighted by molar-refractivity contribution is 6.08. The molecule has 0 saturated carbocycles. The fourth-order valence-corrected chi connectivity index (χ4v) is 2.81. The maximum Gasteiger partial charge on any atom is 0.272 e. The van der Waals surface area contributed by atoms with E-state index in [1.165, 1.54) is 12.1 Å². The molecule has 0 bridgehead atoms. The van der Waals surface area contributed by atoms with Gasteiger partial charge in [0.25, 0.3) is 5.91 Å². The average Bonchev–Trinajstić information content (AvgIpc) is 2.65. The summed E-state index contributed by atoms with van der Waals surface area (Å²) in [5, 5.41) is 1.74. The highest BCUT2D eigenvalue weighted by Crippen LogP contribution is 2.29. The Labute approximate surface area is 143 Å². The predicted molar refractivity (Wildman–Crippen MR) is 96.7 cm³/mol. The second kappa shape index (κ2) is 6.20. The molecular formula is C20H14FN3O. The number of rotatable bonds is 3. The van der Waals surface area contributed by atoms with Crippen LogP contribution in [-0.4, -0.2) is 10.9 Å². The van der Waals surface area contributed by atoms with Gasteiger partial charge >= 0.3 is 0 Å². The summed E-state index contributed by atoms with van der Waals surface area (Å²) in [5.41, 5.74) is 7.86. The Morgan fingerprint density at radius 1 is 0.800 bits per heavy atom. The zero-order valence-electron chi connectivity index (χ0n) is 13.2. The van der Waals surface area contributed by atoms with Gasteiger partial charge in [-0.25, -0.2) is 9.37 Å². The molecule has 5 heteroatoms. The lowest BCUT2D eigenvalue weighted by molar-refractivity contribution is 0.0959. The number of aromatic nitrogens is 1. The van der Waals surface area contributed by atoms with E-state index < -0.39 is 11.7 Å². The number of nitrogens with one attached hydrogen (secondary N) is 2. The molecule has 0 unspecified atom stereocenters. The van der Waals surface area contributed by atoms with E-state index in [0.717, 1.165) is 27.5 Å². The van der Waals surface area contributed by atoms with Gasteiger partial charge in [0.15, 0.2) is 0 Å². The second-order valence-corrected chi connectivity index (χ2v) is 5.58. The van der Waals surface area contributed by atoms with Crippen molar-refractivity contribution in [2.75, 3.05) is 5.43 Å². The lowest BCUT2D eigenvalue weighted by atomic mass is 10.1. The van der Waals surface area contributed by atoms with Gasteiger partial charge in [-0.1, -0.05) is 48.5 Å². The Balaban J connectivity index is 1.75. The van der Waals surface area contributed by atoms with Crippen LogP contribution in [0.25, 0.3) is 21.8 Å². The van der Waals surface area contributed by atoms with Crippen LogP contribution in [0.5, 0.6) is 0 Å². The first-order valence-electron chi connectivity index (χ1n) is 7.82. The van der Waals surface area contributed by atoms with Crippen LogP contribution in [0.4, 0.5) is 10.1 Å². The van der Waals surface area contributed by atoms with Gasteiger partial charge in [-0.2, -0.15) is 0 Å². The van der Waals surface area contributed by atoms with Crippen LogP contribution in [-0.2, 0) is 0 Å². The van der Waals surface area contributed by atoms with E-state index in [2.05, 4.69) is 15.8 Å². The van der Waals surface area contributed by atoms with Crippen molar-refractivity contribution in [3.8, 4) is 0 Å². The number of carbonyl (C=O) groups is 1. The van der Waals surface area contributed by atoms with Crippen LogP contribution < -0.4 is 10.9 Å². The van der Waals surface area contributed by atoms with Gasteiger partial charge in [0.1, 0.15) is 5.82 Å². The lowest BCUT2D eigenvalue weighted by Crippen LogP contribution is -2.30. The molecule has 0 aliphatic carbocycles. The Bertz CT molecular complexity index is 1040. The molecule has 0 atom stereocenters. The fourth-order valence-electron chi connectivity index (χ4n) is 2.81. The van der Waals surface area contributed by atoms with Gasteiger partial charge in [-0.3, -0.25) is 15.6 Å². The molecule has 0 fully saturated rings. The van der Waals surface area contributed by atoms with E-state index in [1.807, 2.05) is 48.5 Å². The summed E-state index contributed by atoms with van der Waals surface area (Å²) in [6, 6.07) is 21.2. The van der Waals surface area contributed by atoms with Gasteiger partial charge in [-0.05, 0) is 24.3 Å². The summed E-state index contributed by atoms with van der Waals surface area (Å²) in [6.07, 6.45) is 0. The lowest BCUT2D eigenvalue weighted by Gasteiger charge is -2.14. The van der Waals surface area contributed by atoms with Crippen molar-refractivity contribution in [3.05, 3.63) is 84.2 Å². The van der Waals surface area contributed by atoms with Crippen molar-refractivity contribution in [2.24, 2.45) is 0 Å². The number of carbonyl (C=O) groups excluding carboxylic acids is 1. The number of pyridine rings is 1. The van der Waals surface area contributed by atoms with E-state index in [1.54, 1.807) is 12.1 Å². The molecule has 3 aromatic carbocycles. The molecule has 0 radical (unpaired) electrons. The molecule has 1 heterocycles. The molecule has 1 aromatic heterocycles. The molecule has 0 saturated heterocycles. The standard InChI is InChI=1S/C20H14FN3O/c21-16-10-4-1-7-13(16)20(25)24-23-19-14-8-2-5-11-17(14)22-18-12-6-3-9-15(18)19/h1-12H,(H,22,23)(H,24,25). The van der Waals surface area contributed by atoms with E-state index >= 15 is 0 Å². The van der Waals surface area contributed by atoms with Crippen molar-refractivity contribution < 1.29 is 9.18 Å². The Morgan fingerprint density at radius 2 is 1.36 bits per heavy atom. The van der Waals surface area contributed by atoms with Gasteiger partial charge in [0, 0.05) is 10.8 Å². The Kier molecular flexibility index (Phi) is 3.74. The molecule has 4 rings (SSSR count). The Hall–Kier alpha value is -3.47. The van der Waals surface area contributed by atoms with Gasteiger partial charge in [-0.15, -0.1) is 0 Å². The molecule has 4 nitrogen and oxygen atoms in total. The van der Waals surface area contributed by atoms with E-state index in [0.29, 0.717) is 0 Å². The summed E-state index contributed by atoms with van der Waals surface area (Å²) in [5.74, 6) is -1.10. The topological polar surface area (TPSA) is 54.0 Å². The molecule has 25 heavy (non-hydrogen) atoms. The first kappa shape index (κ1) is 15.1. The monoisotopic (exact) mass is 331 g/mol. The van der Waals surface area contributed by atoms with Crippen LogP contribution >= 0.6 is 0 Å². The van der Waals surface area contributed by atoms with E-state index in [-0.39, 0.29) is 5.56 Å². The predicted octanol–water partition coefficient (Wildman–Crippen LogP) is 4.28. The summed E-state index contributed by atoms with van der Waals surface area (Å²) < 4.78 is 13.8. The minimum atomic E-state index is -0.564. The van der Waals surface area contributed by atoms with E-state index in [9.17, 15) is 9.18 Å². The third-order valence-electron chi connectivity index (χ3n) is 4.01. The highest BCUT2D eigenvalue weighted by atomic mass is 19.1. The number of benzene rings is 3. The third kappa shape index (κ3) is 2.76. The van der Waals surface area contributed by atoms with Crippen LogP contribution in [0, 0.1) is 5.82 Å². The molecule has 0 aliphatic rings. The van der Waals surface area contributed by atoms with Crippen LogP contribution in [0.1, 0.15) is 10.4 Å². The minimum absolute atomic E-state index is 0.0160. The molecule has 1 amide bonds. The van der Waals surface area contributed by atoms with Gasteiger partial charge in [0.05, 0.1) is 22.3 Å². The van der Waals surface area contributed by atoms with Crippen LogP contribution in [0.15, 0.2) is 72.8 Å². The summed E-state index contributed by atoms with van der Waals surface area (Å²) >= 11 is 0. The summed E-state index contributed by atoms with van der Waals surface area (Å²) in [6.45, 7) is 0. The van der Waals surface area contributed by atoms with Gasteiger partial charge in [0.2, 0.25) is 0 Å². The molecule has 0 aliphatic heterocycles. The van der Waals surface area contributed by atoms with Gasteiger partial charge < -0.3 is 0 Å². The minimum Gasteiger partial charge on any atom is -0.297 e. The van der Waals surface area contributed by atoms with Crippen molar-refractivity contribution in [2.45, 2.75) is 0 Å². The van der Waals surface area contributed by atoms with E-state index in [4.69, 9.17) is 0 Å². The Morgan fingerprint density at radius 3 is 2.00 bits per heavy atom. The number of anilines is 1. The summed E-state index contributed by atoms with van der Waals surface area (Å²) in [4.78, 5) is 16.9. The zero-order valence-corrected chi connectivity index (χ0v) is 13.2. The smallest absolute Gasteiger partial charge is 0.272 e. The number of halogens is 1. The van der Waals surface area contributed by atoms with Crippen LogP contribution in [0.3, 0.4) is 0 Å². The third-order valence-corrected chi connectivity index (χ3v) is 4.01. The van der Waals surface area contributed by atoms with Crippen molar-refractivity contribution in [1.29, 1.82) is 0 Å². The number of amides is 1. The maximum absolute atomic E-state index is 13.8. The number of para-hydroxylation sites is 2. The molecule has 122 valence electrons. The summed E-state index contributed by atoms with van der Waals surface area (Å²) in [7, 11) is 0. The number of nitrogens with zero attached hydrogens (tertiary/aromatic N) is 1. The van der Waals surface area contributed by atoms with Crippen molar-refractivity contribution in [3.63, 3.8) is 0 Å². The second-order valence-electron chi connectivity index (χ2n) is 5.58. The zero-order chi connectivity index (χ0) is 17.2. The number of hydrazine groups is 1. The SMILES string of the molecule is O=C(NNc1c2ccccc2nc2ccccc12)c1ccccc1F. The number of fused-ring (bicyclic) bond motifs is 2. The normalized spacial score (nSPS) is 10.8. The average molecular weight is 331 g/mol.